The molecule has 1 unspecified atom stereocenters. The molecule has 0 fully saturated rings. The summed E-state index contributed by atoms with van der Waals surface area (Å²) in [4.78, 5) is 16.0. The zero-order valence-corrected chi connectivity index (χ0v) is 11.6. The van der Waals surface area contributed by atoms with E-state index in [-0.39, 0.29) is 12.5 Å². The Kier molecular flexibility index (Phi) is 4.06. The van der Waals surface area contributed by atoms with E-state index in [2.05, 4.69) is 15.4 Å². The number of nitrogens with zero attached hydrogens (tertiary/aromatic N) is 3. The standard InChI is InChI=1S/C12H16N4O2S/c1-12(18,8-19-2)7-14-11(17)9-5-15-16-4-3-13-6-10(9)16/h3-6,18H,7-8H2,1-2H3,(H,14,17). The number of thioether (sulfide) groups is 1. The molecule has 0 aromatic carbocycles. The van der Waals surface area contributed by atoms with Crippen LogP contribution in [0.25, 0.3) is 5.52 Å². The zero-order chi connectivity index (χ0) is 13.9. The molecule has 0 aliphatic rings. The van der Waals surface area contributed by atoms with Crippen LogP contribution in [0.15, 0.2) is 24.8 Å². The maximum atomic E-state index is 12.1. The number of carbonyl (C=O) groups excluding carboxylic acids is 1. The molecular weight excluding hydrogens is 264 g/mol. The molecule has 7 heteroatoms. The Morgan fingerprint density at radius 1 is 1.58 bits per heavy atom. The number of aromatic nitrogens is 3. The molecule has 0 radical (unpaired) electrons. The highest BCUT2D eigenvalue weighted by Crippen LogP contribution is 2.11. The number of hydrogen-bond acceptors (Lipinski definition) is 5. The smallest absolute Gasteiger partial charge is 0.255 e. The lowest BCUT2D eigenvalue weighted by atomic mass is 10.1. The molecule has 2 heterocycles. The normalized spacial score (nSPS) is 14.3. The third kappa shape index (κ3) is 3.24. The van der Waals surface area contributed by atoms with Gasteiger partial charge in [0, 0.05) is 24.7 Å². The number of carbonyl (C=O) groups is 1. The maximum absolute atomic E-state index is 12.1. The number of hydrogen-bond donors (Lipinski definition) is 2. The van der Waals surface area contributed by atoms with E-state index in [1.165, 1.54) is 18.0 Å². The van der Waals surface area contributed by atoms with Crippen molar-refractivity contribution in [2.75, 3.05) is 18.6 Å². The highest BCUT2D eigenvalue weighted by atomic mass is 32.2. The lowest BCUT2D eigenvalue weighted by Crippen LogP contribution is -2.42. The van der Waals surface area contributed by atoms with Crippen molar-refractivity contribution in [2.45, 2.75) is 12.5 Å². The fraction of sp³-hybridized carbons (Fsp3) is 0.417. The van der Waals surface area contributed by atoms with Crippen LogP contribution in [0, 0.1) is 0 Å². The van der Waals surface area contributed by atoms with E-state index in [4.69, 9.17) is 0 Å². The molecule has 2 N–H and O–H groups in total. The Labute approximate surface area is 115 Å². The van der Waals surface area contributed by atoms with E-state index in [0.29, 0.717) is 16.8 Å². The molecular formula is C12H16N4O2S. The fourth-order valence-electron chi connectivity index (χ4n) is 1.74. The van der Waals surface area contributed by atoms with Crippen molar-refractivity contribution < 1.29 is 9.90 Å². The summed E-state index contributed by atoms with van der Waals surface area (Å²) in [5.74, 6) is 0.299. The summed E-state index contributed by atoms with van der Waals surface area (Å²) in [6.45, 7) is 1.89. The first kappa shape index (κ1) is 13.8. The second kappa shape index (κ2) is 5.58. The van der Waals surface area contributed by atoms with Crippen molar-refractivity contribution in [1.82, 2.24) is 19.9 Å². The summed E-state index contributed by atoms with van der Waals surface area (Å²) in [5, 5.41) is 16.8. The van der Waals surface area contributed by atoms with Crippen LogP contribution in [-0.4, -0.2) is 49.8 Å². The molecule has 6 nitrogen and oxygen atoms in total. The number of rotatable bonds is 5. The van der Waals surface area contributed by atoms with Crippen LogP contribution >= 0.6 is 11.8 Å². The summed E-state index contributed by atoms with van der Waals surface area (Å²) in [6, 6.07) is 0. The maximum Gasteiger partial charge on any atom is 0.255 e. The topological polar surface area (TPSA) is 79.5 Å². The molecule has 0 saturated heterocycles. The number of nitrogens with one attached hydrogen (secondary N) is 1. The quantitative estimate of drug-likeness (QED) is 0.837. The molecule has 1 atom stereocenters. The van der Waals surface area contributed by atoms with Crippen LogP contribution < -0.4 is 5.32 Å². The van der Waals surface area contributed by atoms with Crippen molar-refractivity contribution in [1.29, 1.82) is 0 Å². The predicted octanol–water partition coefficient (Wildman–Crippen LogP) is 0.573. The van der Waals surface area contributed by atoms with Gasteiger partial charge in [0.1, 0.15) is 0 Å². The van der Waals surface area contributed by atoms with E-state index in [1.54, 1.807) is 30.0 Å². The Morgan fingerprint density at radius 3 is 3.11 bits per heavy atom. The van der Waals surface area contributed by atoms with Crippen LogP contribution in [0.3, 0.4) is 0 Å². The molecule has 0 spiro atoms. The Bertz CT molecular complexity index is 582. The molecule has 2 rings (SSSR count). The minimum absolute atomic E-state index is 0.199. The molecule has 0 aliphatic carbocycles. The Morgan fingerprint density at radius 2 is 2.37 bits per heavy atom. The highest BCUT2D eigenvalue weighted by Gasteiger charge is 2.21. The van der Waals surface area contributed by atoms with Gasteiger partial charge in [0.15, 0.2) is 0 Å². The van der Waals surface area contributed by atoms with Gasteiger partial charge in [-0.2, -0.15) is 16.9 Å². The minimum atomic E-state index is -0.920. The van der Waals surface area contributed by atoms with Gasteiger partial charge in [-0.1, -0.05) is 0 Å². The van der Waals surface area contributed by atoms with Crippen molar-refractivity contribution in [3.05, 3.63) is 30.4 Å². The molecule has 102 valence electrons. The molecule has 0 aliphatic heterocycles. The third-order valence-corrected chi connectivity index (χ3v) is 3.57. The number of fused-ring (bicyclic) bond motifs is 1. The predicted molar refractivity (Wildman–Crippen MR) is 74.3 cm³/mol. The lowest BCUT2D eigenvalue weighted by Gasteiger charge is -2.22. The summed E-state index contributed by atoms with van der Waals surface area (Å²) in [6.07, 6.45) is 8.27. The lowest BCUT2D eigenvalue weighted by molar-refractivity contribution is 0.0726. The summed E-state index contributed by atoms with van der Waals surface area (Å²) in [5.41, 5.74) is 0.175. The molecule has 1 amide bonds. The van der Waals surface area contributed by atoms with Gasteiger partial charge in [-0.05, 0) is 13.2 Å². The van der Waals surface area contributed by atoms with Crippen LogP contribution in [0.4, 0.5) is 0 Å². The highest BCUT2D eigenvalue weighted by molar-refractivity contribution is 7.98. The molecule has 0 bridgehead atoms. The monoisotopic (exact) mass is 280 g/mol. The van der Waals surface area contributed by atoms with E-state index in [1.807, 2.05) is 6.26 Å². The van der Waals surface area contributed by atoms with Crippen LogP contribution in [0.5, 0.6) is 0 Å². The molecule has 2 aromatic rings. The summed E-state index contributed by atoms with van der Waals surface area (Å²) < 4.78 is 1.59. The van der Waals surface area contributed by atoms with E-state index in [9.17, 15) is 9.90 Å². The van der Waals surface area contributed by atoms with Gasteiger partial charge in [0.2, 0.25) is 0 Å². The molecule has 0 saturated carbocycles. The van der Waals surface area contributed by atoms with Crippen LogP contribution in [-0.2, 0) is 0 Å². The fourth-order valence-corrected chi connectivity index (χ4v) is 2.46. The van der Waals surface area contributed by atoms with Gasteiger partial charge in [0.05, 0.1) is 29.1 Å². The molecule has 19 heavy (non-hydrogen) atoms. The number of aliphatic hydroxyl groups is 1. The van der Waals surface area contributed by atoms with E-state index in [0.717, 1.165) is 0 Å². The Hall–Kier alpha value is -1.60. The van der Waals surface area contributed by atoms with Gasteiger partial charge in [-0.3, -0.25) is 9.78 Å². The van der Waals surface area contributed by atoms with Crippen molar-refractivity contribution in [2.24, 2.45) is 0 Å². The van der Waals surface area contributed by atoms with Crippen LogP contribution in [0.2, 0.25) is 0 Å². The van der Waals surface area contributed by atoms with E-state index >= 15 is 0 Å². The van der Waals surface area contributed by atoms with Gasteiger partial charge >= 0.3 is 0 Å². The summed E-state index contributed by atoms with van der Waals surface area (Å²) in [7, 11) is 0. The first-order valence-electron chi connectivity index (χ1n) is 5.80. The molecule has 2 aromatic heterocycles. The van der Waals surface area contributed by atoms with Gasteiger partial charge in [-0.15, -0.1) is 0 Å². The summed E-state index contributed by atoms with van der Waals surface area (Å²) >= 11 is 1.53. The average molecular weight is 280 g/mol. The van der Waals surface area contributed by atoms with Crippen molar-refractivity contribution in [3.63, 3.8) is 0 Å². The van der Waals surface area contributed by atoms with Gasteiger partial charge in [-0.25, -0.2) is 4.52 Å². The first-order valence-corrected chi connectivity index (χ1v) is 7.20. The second-order valence-corrected chi connectivity index (χ2v) is 5.44. The van der Waals surface area contributed by atoms with Crippen molar-refractivity contribution in [3.8, 4) is 0 Å². The first-order chi connectivity index (χ1) is 9.03. The SMILES string of the molecule is CSCC(C)(O)CNC(=O)c1cnn2ccncc12. The third-order valence-electron chi connectivity index (χ3n) is 2.65. The van der Waals surface area contributed by atoms with Gasteiger partial charge in [0.25, 0.3) is 5.91 Å². The zero-order valence-electron chi connectivity index (χ0n) is 10.8. The largest absolute Gasteiger partial charge is 0.387 e. The van der Waals surface area contributed by atoms with Crippen molar-refractivity contribution >= 4 is 23.2 Å². The van der Waals surface area contributed by atoms with Gasteiger partial charge < -0.3 is 10.4 Å². The second-order valence-electron chi connectivity index (χ2n) is 4.58. The van der Waals surface area contributed by atoms with Crippen LogP contribution in [0.1, 0.15) is 17.3 Å². The Balaban J connectivity index is 2.08. The minimum Gasteiger partial charge on any atom is -0.387 e. The average Bonchev–Trinajstić information content (AvgIpc) is 2.80. The number of amides is 1. The van der Waals surface area contributed by atoms with E-state index < -0.39 is 5.60 Å².